The summed E-state index contributed by atoms with van der Waals surface area (Å²) in [5, 5.41) is 12.5. The van der Waals surface area contributed by atoms with Gasteiger partial charge in [0, 0.05) is 10.2 Å². The first-order valence-corrected chi connectivity index (χ1v) is 6.72. The summed E-state index contributed by atoms with van der Waals surface area (Å²) in [5.74, 6) is 0.603. The molecule has 0 unspecified atom stereocenters. The average molecular weight is 316 g/mol. The van der Waals surface area contributed by atoms with Gasteiger partial charge in [-0.3, -0.25) is 0 Å². The Bertz CT molecular complexity index is 672. The molecule has 0 saturated heterocycles. The predicted molar refractivity (Wildman–Crippen MR) is 80.6 cm³/mol. The third kappa shape index (κ3) is 2.77. The van der Waals surface area contributed by atoms with Crippen molar-refractivity contribution in [2.75, 3.05) is 5.32 Å². The molecule has 0 radical (unpaired) electrons. The fraction of sp³-hybridized carbons (Fsp3) is 0.200. The van der Waals surface area contributed by atoms with Crippen molar-refractivity contribution in [1.29, 1.82) is 5.26 Å². The molecule has 3 nitrogen and oxygen atoms in total. The van der Waals surface area contributed by atoms with Gasteiger partial charge in [-0.1, -0.05) is 12.1 Å². The van der Waals surface area contributed by atoms with Crippen molar-refractivity contribution < 1.29 is 0 Å². The highest BCUT2D eigenvalue weighted by molar-refractivity contribution is 9.10. The second-order valence-electron chi connectivity index (χ2n) is 4.48. The van der Waals surface area contributed by atoms with Crippen molar-refractivity contribution in [2.24, 2.45) is 0 Å². The van der Waals surface area contributed by atoms with Gasteiger partial charge in [0.15, 0.2) is 0 Å². The van der Waals surface area contributed by atoms with Crippen LogP contribution in [0.5, 0.6) is 0 Å². The molecule has 96 valence electrons. The molecule has 0 saturated carbocycles. The van der Waals surface area contributed by atoms with E-state index in [1.54, 1.807) is 0 Å². The molecule has 2 rings (SSSR count). The lowest BCUT2D eigenvalue weighted by molar-refractivity contribution is 1.16. The minimum atomic E-state index is 0.582. The molecule has 1 heterocycles. The van der Waals surface area contributed by atoms with E-state index in [4.69, 9.17) is 0 Å². The van der Waals surface area contributed by atoms with Gasteiger partial charge in [-0.2, -0.15) is 5.26 Å². The number of hydrogen-bond donors (Lipinski definition) is 1. The molecule has 2 aromatic rings. The van der Waals surface area contributed by atoms with Gasteiger partial charge in [-0.15, -0.1) is 0 Å². The van der Waals surface area contributed by atoms with E-state index in [1.165, 1.54) is 0 Å². The number of benzene rings is 1. The summed E-state index contributed by atoms with van der Waals surface area (Å²) in [6, 6.07) is 10.1. The molecule has 4 heteroatoms. The fourth-order valence-corrected chi connectivity index (χ4v) is 2.30. The molecule has 0 aliphatic carbocycles. The topological polar surface area (TPSA) is 48.7 Å². The first-order valence-electron chi connectivity index (χ1n) is 5.93. The molecule has 0 aliphatic heterocycles. The van der Waals surface area contributed by atoms with E-state index in [1.807, 2.05) is 45.0 Å². The molecule has 0 spiro atoms. The number of pyridine rings is 1. The molecule has 0 atom stereocenters. The van der Waals surface area contributed by atoms with Crippen LogP contribution in [0.15, 0.2) is 28.7 Å². The van der Waals surface area contributed by atoms with E-state index in [0.29, 0.717) is 11.4 Å². The first kappa shape index (κ1) is 13.6. The number of anilines is 2. The number of hydrogen-bond acceptors (Lipinski definition) is 3. The minimum Gasteiger partial charge on any atom is -0.338 e. The summed E-state index contributed by atoms with van der Waals surface area (Å²) in [6.07, 6.45) is 0. The van der Waals surface area contributed by atoms with Crippen LogP contribution >= 0.6 is 15.9 Å². The molecular weight excluding hydrogens is 302 g/mol. The molecule has 0 aliphatic rings. The molecule has 19 heavy (non-hydrogen) atoms. The maximum Gasteiger partial charge on any atom is 0.148 e. The summed E-state index contributed by atoms with van der Waals surface area (Å²) in [5.41, 5.74) is 4.45. The second kappa shape index (κ2) is 5.41. The van der Waals surface area contributed by atoms with Crippen LogP contribution in [0.25, 0.3) is 0 Å². The smallest absolute Gasteiger partial charge is 0.148 e. The summed E-state index contributed by atoms with van der Waals surface area (Å²) in [7, 11) is 0. The largest absolute Gasteiger partial charge is 0.338 e. The standard InChI is InChI=1S/C15H14BrN3/c1-9-5-4-6-13(14(9)16)19-15-12(8-17)10(2)7-11(3)18-15/h4-7H,1-3H3,(H,18,19). The Morgan fingerprint density at radius 2 is 1.95 bits per heavy atom. The van der Waals surface area contributed by atoms with Crippen LogP contribution in [0.3, 0.4) is 0 Å². The Morgan fingerprint density at radius 1 is 1.21 bits per heavy atom. The number of aryl methyl sites for hydroxylation is 3. The molecule has 0 amide bonds. The van der Waals surface area contributed by atoms with Crippen LogP contribution < -0.4 is 5.32 Å². The fourth-order valence-electron chi connectivity index (χ4n) is 1.94. The first-order chi connectivity index (χ1) is 9.02. The van der Waals surface area contributed by atoms with Crippen LogP contribution in [0, 0.1) is 32.1 Å². The summed E-state index contributed by atoms with van der Waals surface area (Å²) < 4.78 is 0.986. The lowest BCUT2D eigenvalue weighted by Gasteiger charge is -2.12. The number of rotatable bonds is 2. The van der Waals surface area contributed by atoms with Gasteiger partial charge in [0.25, 0.3) is 0 Å². The van der Waals surface area contributed by atoms with Gasteiger partial charge in [0.05, 0.1) is 11.3 Å². The van der Waals surface area contributed by atoms with Crippen LogP contribution in [-0.4, -0.2) is 4.98 Å². The molecular formula is C15H14BrN3. The number of aromatic nitrogens is 1. The zero-order chi connectivity index (χ0) is 14.0. The quantitative estimate of drug-likeness (QED) is 0.894. The van der Waals surface area contributed by atoms with Gasteiger partial charge >= 0.3 is 0 Å². The summed E-state index contributed by atoms with van der Waals surface area (Å²) in [6.45, 7) is 5.86. The third-order valence-electron chi connectivity index (χ3n) is 2.90. The number of nitrogens with one attached hydrogen (secondary N) is 1. The average Bonchev–Trinajstić information content (AvgIpc) is 2.34. The number of halogens is 1. The summed E-state index contributed by atoms with van der Waals surface area (Å²) >= 11 is 3.55. The molecule has 1 aromatic heterocycles. The van der Waals surface area contributed by atoms with E-state index < -0.39 is 0 Å². The van der Waals surface area contributed by atoms with Gasteiger partial charge in [-0.05, 0) is 60.0 Å². The predicted octanol–water partition coefficient (Wildman–Crippen LogP) is 4.38. The maximum absolute atomic E-state index is 9.25. The zero-order valence-electron chi connectivity index (χ0n) is 11.1. The summed E-state index contributed by atoms with van der Waals surface area (Å²) in [4.78, 5) is 4.42. The van der Waals surface area contributed by atoms with E-state index in [0.717, 1.165) is 27.0 Å². The maximum atomic E-state index is 9.25. The molecule has 0 bridgehead atoms. The van der Waals surface area contributed by atoms with Gasteiger partial charge < -0.3 is 5.32 Å². The zero-order valence-corrected chi connectivity index (χ0v) is 12.7. The number of nitrogens with zero attached hydrogens (tertiary/aromatic N) is 2. The van der Waals surface area contributed by atoms with Gasteiger partial charge in [-0.25, -0.2) is 4.98 Å². The normalized spacial score (nSPS) is 10.1. The Morgan fingerprint density at radius 3 is 2.63 bits per heavy atom. The Balaban J connectivity index is 2.50. The Kier molecular flexibility index (Phi) is 3.87. The highest BCUT2D eigenvalue weighted by atomic mass is 79.9. The van der Waals surface area contributed by atoms with Gasteiger partial charge in [0.1, 0.15) is 11.9 Å². The lowest BCUT2D eigenvalue weighted by Crippen LogP contribution is -2.01. The molecule has 1 aromatic carbocycles. The minimum absolute atomic E-state index is 0.582. The Hall–Kier alpha value is -1.86. The highest BCUT2D eigenvalue weighted by Crippen LogP contribution is 2.29. The SMILES string of the molecule is Cc1cc(C)c(C#N)c(Nc2cccc(C)c2Br)n1. The number of nitriles is 1. The van der Waals surface area contributed by atoms with Crippen LogP contribution in [-0.2, 0) is 0 Å². The van der Waals surface area contributed by atoms with Crippen molar-refractivity contribution in [1.82, 2.24) is 4.98 Å². The van der Waals surface area contributed by atoms with Gasteiger partial charge in [0.2, 0.25) is 0 Å². The van der Waals surface area contributed by atoms with Crippen LogP contribution in [0.1, 0.15) is 22.4 Å². The second-order valence-corrected chi connectivity index (χ2v) is 5.27. The lowest BCUT2D eigenvalue weighted by atomic mass is 10.1. The van der Waals surface area contributed by atoms with E-state index in [-0.39, 0.29) is 0 Å². The van der Waals surface area contributed by atoms with Crippen LogP contribution in [0.2, 0.25) is 0 Å². The third-order valence-corrected chi connectivity index (χ3v) is 3.95. The Labute approximate surface area is 121 Å². The molecule has 1 N–H and O–H groups in total. The van der Waals surface area contributed by atoms with E-state index in [9.17, 15) is 5.26 Å². The monoisotopic (exact) mass is 315 g/mol. The van der Waals surface area contributed by atoms with Crippen molar-refractivity contribution in [2.45, 2.75) is 20.8 Å². The van der Waals surface area contributed by atoms with Crippen molar-refractivity contribution in [3.63, 3.8) is 0 Å². The van der Waals surface area contributed by atoms with Crippen molar-refractivity contribution >= 4 is 27.4 Å². The van der Waals surface area contributed by atoms with E-state index in [2.05, 4.69) is 32.3 Å². The van der Waals surface area contributed by atoms with Crippen molar-refractivity contribution in [3.8, 4) is 6.07 Å². The van der Waals surface area contributed by atoms with Crippen molar-refractivity contribution in [3.05, 3.63) is 51.1 Å². The highest BCUT2D eigenvalue weighted by Gasteiger charge is 2.10. The molecule has 0 fully saturated rings. The van der Waals surface area contributed by atoms with Crippen LogP contribution in [0.4, 0.5) is 11.5 Å². The van der Waals surface area contributed by atoms with E-state index >= 15 is 0 Å².